The maximum Gasteiger partial charge on any atom is 0.191 e. The number of ether oxygens (including phenoxy) is 1. The number of halogens is 1. The molecule has 2 aromatic carbocycles. The summed E-state index contributed by atoms with van der Waals surface area (Å²) in [6.45, 7) is 2.06. The van der Waals surface area contributed by atoms with Gasteiger partial charge in [0.1, 0.15) is 17.3 Å². The largest absolute Gasteiger partial charge is 0.381 e. The van der Waals surface area contributed by atoms with Crippen LogP contribution in [0.3, 0.4) is 0 Å². The summed E-state index contributed by atoms with van der Waals surface area (Å²) >= 11 is 0. The number of benzene rings is 2. The Kier molecular flexibility index (Phi) is 7.17. The molecule has 0 aliphatic carbocycles. The number of aromatic nitrogens is 1. The van der Waals surface area contributed by atoms with Crippen molar-refractivity contribution in [1.82, 2.24) is 10.1 Å². The van der Waals surface area contributed by atoms with E-state index in [1.165, 1.54) is 0 Å². The van der Waals surface area contributed by atoms with Gasteiger partial charge in [-0.25, -0.2) is 9.38 Å². The fraction of sp³-hybridized carbons (Fsp3) is 0.360. The van der Waals surface area contributed by atoms with Crippen molar-refractivity contribution in [2.75, 3.05) is 20.2 Å². The van der Waals surface area contributed by atoms with E-state index >= 15 is 0 Å². The van der Waals surface area contributed by atoms with Gasteiger partial charge in [-0.05, 0) is 36.5 Å². The molecule has 0 spiro atoms. The van der Waals surface area contributed by atoms with Crippen LogP contribution >= 0.6 is 0 Å². The molecule has 4 rings (SSSR count). The normalized spacial score (nSPS) is 15.3. The molecule has 2 heterocycles. The number of guanidine groups is 1. The summed E-state index contributed by atoms with van der Waals surface area (Å²) in [6.07, 6.45) is 3.52. The smallest absolute Gasteiger partial charge is 0.191 e. The lowest BCUT2D eigenvalue weighted by Gasteiger charge is -2.31. The minimum absolute atomic E-state index is 0.216. The van der Waals surface area contributed by atoms with Crippen molar-refractivity contribution in [2.45, 2.75) is 38.3 Å². The molecule has 2 N–H and O–H groups in total. The zero-order chi connectivity index (χ0) is 22.3. The lowest BCUT2D eigenvalue weighted by Crippen LogP contribution is -2.44. The highest BCUT2D eigenvalue weighted by molar-refractivity contribution is 5.78. The number of methoxy groups -OCH3 is 1. The van der Waals surface area contributed by atoms with Crippen LogP contribution in [0.1, 0.15) is 29.9 Å². The van der Waals surface area contributed by atoms with Crippen LogP contribution in [0.2, 0.25) is 0 Å². The van der Waals surface area contributed by atoms with E-state index in [4.69, 9.17) is 15.0 Å². The SMILES string of the molecule is COC1CCN(C(N)=NCc2cc(CCc3ccc(-c4ccccc4)c(F)c3)on2)CC1. The van der Waals surface area contributed by atoms with Gasteiger partial charge >= 0.3 is 0 Å². The maximum atomic E-state index is 14.6. The van der Waals surface area contributed by atoms with Crippen molar-refractivity contribution >= 4 is 5.96 Å². The average Bonchev–Trinajstić information content (AvgIpc) is 3.30. The quantitative estimate of drug-likeness (QED) is 0.444. The van der Waals surface area contributed by atoms with Crippen LogP contribution in [0, 0.1) is 5.82 Å². The molecule has 7 heteroatoms. The second-order valence-corrected chi connectivity index (χ2v) is 8.06. The van der Waals surface area contributed by atoms with E-state index in [2.05, 4.69) is 15.0 Å². The van der Waals surface area contributed by atoms with Crippen molar-refractivity contribution in [3.8, 4) is 11.1 Å². The molecular formula is C25H29FN4O2. The van der Waals surface area contributed by atoms with E-state index in [9.17, 15) is 4.39 Å². The Morgan fingerprint density at radius 1 is 1.16 bits per heavy atom. The summed E-state index contributed by atoms with van der Waals surface area (Å²) < 4.78 is 25.4. The number of rotatable bonds is 7. The third kappa shape index (κ3) is 5.53. The summed E-state index contributed by atoms with van der Waals surface area (Å²) in [5.74, 6) is 1.06. The first-order chi connectivity index (χ1) is 15.6. The summed E-state index contributed by atoms with van der Waals surface area (Å²) in [5.41, 5.74) is 9.27. The van der Waals surface area contributed by atoms with Gasteiger partial charge < -0.3 is 19.9 Å². The Balaban J connectivity index is 1.29. The van der Waals surface area contributed by atoms with Crippen LogP contribution < -0.4 is 5.73 Å². The molecule has 1 aliphatic rings. The van der Waals surface area contributed by atoms with Gasteiger partial charge in [0.15, 0.2) is 5.96 Å². The van der Waals surface area contributed by atoms with E-state index in [1.54, 1.807) is 13.2 Å². The highest BCUT2D eigenvalue weighted by Gasteiger charge is 2.19. The van der Waals surface area contributed by atoms with Crippen molar-refractivity contribution in [3.63, 3.8) is 0 Å². The van der Waals surface area contributed by atoms with E-state index in [0.717, 1.165) is 48.5 Å². The fourth-order valence-electron chi connectivity index (χ4n) is 3.96. The highest BCUT2D eigenvalue weighted by atomic mass is 19.1. The van der Waals surface area contributed by atoms with Crippen molar-refractivity contribution < 1.29 is 13.7 Å². The monoisotopic (exact) mass is 436 g/mol. The number of aryl methyl sites for hydroxylation is 2. The molecule has 0 bridgehead atoms. The Hall–Kier alpha value is -3.19. The lowest BCUT2D eigenvalue weighted by molar-refractivity contribution is 0.0575. The molecule has 0 radical (unpaired) electrons. The first-order valence-corrected chi connectivity index (χ1v) is 11.0. The molecular weight excluding hydrogens is 407 g/mol. The molecule has 0 atom stereocenters. The molecule has 0 amide bonds. The number of nitrogens with two attached hydrogens (primary N) is 1. The van der Waals surface area contributed by atoms with Crippen LogP contribution in [-0.4, -0.2) is 42.3 Å². The number of aliphatic imine (C=N–C) groups is 1. The summed E-state index contributed by atoms with van der Waals surface area (Å²) in [6, 6.07) is 16.8. The van der Waals surface area contributed by atoms with E-state index in [1.807, 2.05) is 48.5 Å². The number of hydrogen-bond acceptors (Lipinski definition) is 4. The summed E-state index contributed by atoms with van der Waals surface area (Å²) in [4.78, 5) is 6.53. The van der Waals surface area contributed by atoms with Gasteiger partial charge in [-0.3, -0.25) is 0 Å². The molecule has 1 aromatic heterocycles. The first kappa shape index (κ1) is 22.0. The minimum atomic E-state index is -0.216. The number of likely N-dealkylation sites (tertiary alicyclic amines) is 1. The van der Waals surface area contributed by atoms with Gasteiger partial charge in [0, 0.05) is 38.2 Å². The maximum absolute atomic E-state index is 14.6. The molecule has 168 valence electrons. The predicted molar refractivity (Wildman–Crippen MR) is 123 cm³/mol. The van der Waals surface area contributed by atoms with Crippen LogP contribution in [0.4, 0.5) is 4.39 Å². The van der Waals surface area contributed by atoms with Gasteiger partial charge in [0.05, 0.1) is 12.6 Å². The zero-order valence-corrected chi connectivity index (χ0v) is 18.3. The van der Waals surface area contributed by atoms with Crippen molar-refractivity contribution in [2.24, 2.45) is 10.7 Å². The fourth-order valence-corrected chi connectivity index (χ4v) is 3.96. The minimum Gasteiger partial charge on any atom is -0.381 e. The molecule has 1 aliphatic heterocycles. The molecule has 6 nitrogen and oxygen atoms in total. The van der Waals surface area contributed by atoms with Crippen LogP contribution in [-0.2, 0) is 24.1 Å². The zero-order valence-electron chi connectivity index (χ0n) is 18.3. The number of hydrogen-bond donors (Lipinski definition) is 1. The standard InChI is InChI=1S/C25H29FN4O2/c1-31-21-11-13-30(14-12-21)25(27)28-17-20-16-22(32-29-20)9-7-18-8-10-23(24(26)15-18)19-5-3-2-4-6-19/h2-6,8,10,15-16,21H,7,9,11-14,17H2,1H3,(H2,27,28). The Labute approximate surface area is 187 Å². The topological polar surface area (TPSA) is 76.9 Å². The Morgan fingerprint density at radius 3 is 2.66 bits per heavy atom. The second-order valence-electron chi connectivity index (χ2n) is 8.06. The Morgan fingerprint density at radius 2 is 1.94 bits per heavy atom. The third-order valence-corrected chi connectivity index (χ3v) is 5.89. The highest BCUT2D eigenvalue weighted by Crippen LogP contribution is 2.24. The summed E-state index contributed by atoms with van der Waals surface area (Å²) in [5, 5.41) is 4.09. The predicted octanol–water partition coefficient (Wildman–Crippen LogP) is 4.19. The lowest BCUT2D eigenvalue weighted by atomic mass is 10.0. The van der Waals surface area contributed by atoms with E-state index in [0.29, 0.717) is 37.0 Å². The van der Waals surface area contributed by atoms with Crippen LogP contribution in [0.25, 0.3) is 11.1 Å². The molecule has 0 unspecified atom stereocenters. The average molecular weight is 437 g/mol. The first-order valence-electron chi connectivity index (χ1n) is 11.0. The van der Waals surface area contributed by atoms with Crippen molar-refractivity contribution in [1.29, 1.82) is 0 Å². The molecule has 1 saturated heterocycles. The van der Waals surface area contributed by atoms with Gasteiger partial charge in [-0.15, -0.1) is 0 Å². The van der Waals surface area contributed by atoms with Crippen molar-refractivity contribution in [3.05, 3.63) is 77.4 Å². The van der Waals surface area contributed by atoms with E-state index < -0.39 is 0 Å². The molecule has 3 aromatic rings. The third-order valence-electron chi connectivity index (χ3n) is 5.89. The van der Waals surface area contributed by atoms with E-state index in [-0.39, 0.29) is 5.82 Å². The number of piperidine rings is 1. The van der Waals surface area contributed by atoms with Gasteiger partial charge in [-0.1, -0.05) is 47.6 Å². The Bertz CT molecular complexity index is 1040. The van der Waals surface area contributed by atoms with Crippen LogP contribution in [0.5, 0.6) is 0 Å². The summed E-state index contributed by atoms with van der Waals surface area (Å²) in [7, 11) is 1.75. The number of nitrogens with zero attached hydrogens (tertiary/aromatic N) is 3. The van der Waals surface area contributed by atoms with Gasteiger partial charge in [0.2, 0.25) is 0 Å². The van der Waals surface area contributed by atoms with Gasteiger partial charge in [0.25, 0.3) is 0 Å². The van der Waals surface area contributed by atoms with Gasteiger partial charge in [-0.2, -0.15) is 0 Å². The molecule has 1 fully saturated rings. The second kappa shape index (κ2) is 10.4. The van der Waals surface area contributed by atoms with Crippen LogP contribution in [0.15, 0.2) is 64.1 Å². The molecule has 0 saturated carbocycles. The molecule has 32 heavy (non-hydrogen) atoms.